The Hall–Kier alpha value is -2.32. The van der Waals surface area contributed by atoms with Gasteiger partial charge in [0.25, 0.3) is 5.91 Å². The number of likely N-dealkylation sites (tertiary alicyclic amines) is 1. The number of nitrogens with zero attached hydrogens (tertiary/aromatic N) is 5. The van der Waals surface area contributed by atoms with Crippen LogP contribution in [-0.4, -0.2) is 75.6 Å². The molecule has 2 saturated heterocycles. The van der Waals surface area contributed by atoms with E-state index in [4.69, 9.17) is 16.6 Å². The van der Waals surface area contributed by atoms with E-state index in [1.54, 1.807) is 6.07 Å². The van der Waals surface area contributed by atoms with E-state index in [1.807, 2.05) is 35.2 Å². The molecule has 3 fully saturated rings. The Balaban J connectivity index is 1.21. The van der Waals surface area contributed by atoms with Crippen molar-refractivity contribution in [3.63, 3.8) is 0 Å². The first-order valence-electron chi connectivity index (χ1n) is 13.1. The number of hydrogen-bond acceptors (Lipinski definition) is 6. The minimum Gasteiger partial charge on any atom is -0.353 e. The SMILES string of the molecule is CC1CN(c2cc(Cl)nc(SCC(=O)N3CC4(C)CC3CC(C)(C)C4)n2)CCN1C(=O)c1ccccc1. The number of anilines is 1. The maximum Gasteiger partial charge on any atom is 0.254 e. The number of thioether (sulfide) groups is 1. The molecule has 3 aliphatic rings. The van der Waals surface area contributed by atoms with E-state index < -0.39 is 0 Å². The van der Waals surface area contributed by atoms with E-state index in [0.29, 0.717) is 47.3 Å². The molecule has 1 aromatic heterocycles. The molecule has 5 rings (SSSR count). The summed E-state index contributed by atoms with van der Waals surface area (Å²) in [6.07, 6.45) is 3.33. The number of hydrogen-bond donors (Lipinski definition) is 0. The predicted octanol–water partition coefficient (Wildman–Crippen LogP) is 5.00. The second-order valence-corrected chi connectivity index (χ2v) is 13.3. The summed E-state index contributed by atoms with van der Waals surface area (Å²) in [5, 5.41) is 0.877. The average Bonchev–Trinajstić information content (AvgIpc) is 3.10. The van der Waals surface area contributed by atoms with Crippen molar-refractivity contribution >= 4 is 41.0 Å². The molecule has 0 radical (unpaired) electrons. The van der Waals surface area contributed by atoms with Gasteiger partial charge in [-0.2, -0.15) is 0 Å². The van der Waals surface area contributed by atoms with Crippen molar-refractivity contribution in [1.82, 2.24) is 19.8 Å². The van der Waals surface area contributed by atoms with Crippen LogP contribution in [0.4, 0.5) is 5.82 Å². The molecule has 1 aliphatic carbocycles. The quantitative estimate of drug-likeness (QED) is 0.301. The predicted molar refractivity (Wildman–Crippen MR) is 148 cm³/mol. The largest absolute Gasteiger partial charge is 0.353 e. The summed E-state index contributed by atoms with van der Waals surface area (Å²) in [7, 11) is 0. The van der Waals surface area contributed by atoms with Gasteiger partial charge in [-0.05, 0) is 49.1 Å². The Morgan fingerprint density at radius 1 is 1.08 bits per heavy atom. The van der Waals surface area contributed by atoms with Gasteiger partial charge in [0, 0.05) is 49.9 Å². The lowest BCUT2D eigenvalue weighted by molar-refractivity contribution is -0.129. The summed E-state index contributed by atoms with van der Waals surface area (Å²) in [6.45, 7) is 11.8. The molecule has 37 heavy (non-hydrogen) atoms. The van der Waals surface area contributed by atoms with Crippen molar-refractivity contribution in [3.8, 4) is 0 Å². The molecule has 9 heteroatoms. The molecule has 2 bridgehead atoms. The zero-order chi connectivity index (χ0) is 26.4. The van der Waals surface area contributed by atoms with Gasteiger partial charge < -0.3 is 14.7 Å². The summed E-state index contributed by atoms with van der Waals surface area (Å²) in [5.74, 6) is 1.25. The van der Waals surface area contributed by atoms with Gasteiger partial charge in [-0.1, -0.05) is 62.3 Å². The van der Waals surface area contributed by atoms with Gasteiger partial charge in [0.05, 0.1) is 5.75 Å². The number of piperazine rings is 1. The Kier molecular flexibility index (Phi) is 7.18. The van der Waals surface area contributed by atoms with Crippen molar-refractivity contribution in [2.75, 3.05) is 36.8 Å². The fraction of sp³-hybridized carbons (Fsp3) is 0.571. The van der Waals surface area contributed by atoms with Gasteiger partial charge in [-0.3, -0.25) is 9.59 Å². The van der Waals surface area contributed by atoms with Crippen molar-refractivity contribution in [1.29, 1.82) is 0 Å². The maximum atomic E-state index is 13.2. The zero-order valence-electron chi connectivity index (χ0n) is 22.1. The van der Waals surface area contributed by atoms with Crippen LogP contribution in [-0.2, 0) is 4.79 Å². The number of carbonyl (C=O) groups excluding carboxylic acids is 2. The molecule has 2 aliphatic heterocycles. The third kappa shape index (κ3) is 5.75. The molecule has 7 nitrogen and oxygen atoms in total. The van der Waals surface area contributed by atoms with Crippen LogP contribution >= 0.6 is 23.4 Å². The first-order chi connectivity index (χ1) is 17.5. The number of halogens is 1. The highest BCUT2D eigenvalue weighted by molar-refractivity contribution is 7.99. The van der Waals surface area contributed by atoms with E-state index in [1.165, 1.54) is 11.8 Å². The summed E-state index contributed by atoms with van der Waals surface area (Å²) < 4.78 is 0. The third-order valence-corrected chi connectivity index (χ3v) is 8.98. The van der Waals surface area contributed by atoms with Gasteiger partial charge in [0.1, 0.15) is 11.0 Å². The molecule has 3 heterocycles. The van der Waals surface area contributed by atoms with Crippen molar-refractivity contribution < 1.29 is 9.59 Å². The molecule has 3 unspecified atom stereocenters. The van der Waals surface area contributed by atoms with Gasteiger partial charge in [0.15, 0.2) is 5.16 Å². The summed E-state index contributed by atoms with van der Waals surface area (Å²) in [4.78, 5) is 41.5. The second kappa shape index (κ2) is 10.1. The van der Waals surface area contributed by atoms with Crippen molar-refractivity contribution in [3.05, 3.63) is 47.1 Å². The molecule has 3 atom stereocenters. The Bertz CT molecular complexity index is 1180. The number of amides is 2. The van der Waals surface area contributed by atoms with Crippen LogP contribution < -0.4 is 4.90 Å². The molecule has 1 saturated carbocycles. The van der Waals surface area contributed by atoms with E-state index >= 15 is 0 Å². The lowest BCUT2D eigenvalue weighted by atomic mass is 9.65. The first-order valence-corrected chi connectivity index (χ1v) is 14.5. The highest BCUT2D eigenvalue weighted by Crippen LogP contribution is 2.52. The topological polar surface area (TPSA) is 69.6 Å². The van der Waals surface area contributed by atoms with Crippen LogP contribution in [0.25, 0.3) is 0 Å². The van der Waals surface area contributed by atoms with Crippen LogP contribution in [0, 0.1) is 10.8 Å². The van der Waals surface area contributed by atoms with Crippen molar-refractivity contribution in [2.24, 2.45) is 10.8 Å². The Morgan fingerprint density at radius 3 is 2.57 bits per heavy atom. The Morgan fingerprint density at radius 2 is 1.84 bits per heavy atom. The molecule has 1 aromatic carbocycles. The average molecular weight is 542 g/mol. The maximum absolute atomic E-state index is 13.2. The van der Waals surface area contributed by atoms with E-state index in [9.17, 15) is 9.59 Å². The van der Waals surface area contributed by atoms with Crippen molar-refractivity contribution in [2.45, 2.75) is 64.2 Å². The van der Waals surface area contributed by atoms with Gasteiger partial charge in [-0.25, -0.2) is 9.97 Å². The fourth-order valence-corrected chi connectivity index (χ4v) is 7.75. The zero-order valence-corrected chi connectivity index (χ0v) is 23.7. The number of aromatic nitrogens is 2. The monoisotopic (exact) mass is 541 g/mol. The van der Waals surface area contributed by atoms with E-state index in [-0.39, 0.29) is 28.7 Å². The van der Waals surface area contributed by atoms with E-state index in [0.717, 1.165) is 31.6 Å². The molecule has 0 N–H and O–H groups in total. The van der Waals surface area contributed by atoms with Gasteiger partial charge in [0.2, 0.25) is 5.91 Å². The highest BCUT2D eigenvalue weighted by atomic mass is 35.5. The third-order valence-electron chi connectivity index (χ3n) is 7.95. The fourth-order valence-electron chi connectivity index (χ4n) is 6.79. The number of benzene rings is 1. The summed E-state index contributed by atoms with van der Waals surface area (Å²) in [5.41, 5.74) is 1.20. The molecular weight excluding hydrogens is 506 g/mol. The Labute approximate surface area is 229 Å². The van der Waals surface area contributed by atoms with Crippen LogP contribution in [0.1, 0.15) is 57.3 Å². The highest BCUT2D eigenvalue weighted by Gasteiger charge is 2.50. The van der Waals surface area contributed by atoms with Crippen LogP contribution in [0.15, 0.2) is 41.6 Å². The molecule has 0 spiro atoms. The lowest BCUT2D eigenvalue weighted by Gasteiger charge is -2.40. The van der Waals surface area contributed by atoms with Crippen LogP contribution in [0.2, 0.25) is 5.15 Å². The smallest absolute Gasteiger partial charge is 0.254 e. The number of rotatable bonds is 5. The molecule has 198 valence electrons. The normalized spacial score (nSPS) is 26.9. The number of fused-ring (bicyclic) bond motifs is 2. The number of carbonyl (C=O) groups is 2. The van der Waals surface area contributed by atoms with Crippen LogP contribution in [0.3, 0.4) is 0 Å². The summed E-state index contributed by atoms with van der Waals surface area (Å²) >= 11 is 7.73. The molecule has 2 amide bonds. The van der Waals surface area contributed by atoms with Gasteiger partial charge in [-0.15, -0.1) is 0 Å². The molecular formula is C28H36ClN5O2S. The lowest BCUT2D eigenvalue weighted by Crippen LogP contribution is -2.54. The van der Waals surface area contributed by atoms with Crippen LogP contribution in [0.5, 0.6) is 0 Å². The van der Waals surface area contributed by atoms with E-state index in [2.05, 4.69) is 42.5 Å². The summed E-state index contributed by atoms with van der Waals surface area (Å²) in [6, 6.07) is 11.5. The standard InChI is InChI=1S/C28H36ClN5O2S/c1-19-15-32(10-11-33(19)25(36)20-8-6-5-7-9-20)23-12-22(29)30-26(31-23)37-16-24(35)34-18-28(4)14-21(34)13-27(2,3)17-28/h5-9,12,19,21H,10-11,13-18H2,1-4H3. The first kappa shape index (κ1) is 26.3. The second-order valence-electron chi connectivity index (χ2n) is 12.0. The molecule has 2 aromatic rings. The minimum atomic E-state index is 0.0213. The minimum absolute atomic E-state index is 0.0213. The van der Waals surface area contributed by atoms with Gasteiger partial charge >= 0.3 is 0 Å².